The smallest absolute Gasteiger partial charge is 0.0583 e. The van der Waals surface area contributed by atoms with Crippen LogP contribution in [0.2, 0.25) is 0 Å². The van der Waals surface area contributed by atoms with E-state index in [9.17, 15) is 5.11 Å². The second-order valence-corrected chi connectivity index (χ2v) is 3.78. The average Bonchev–Trinajstić information content (AvgIpc) is 2.60. The van der Waals surface area contributed by atoms with Crippen molar-refractivity contribution in [1.29, 1.82) is 0 Å². The van der Waals surface area contributed by atoms with Crippen LogP contribution < -0.4 is 0 Å². The van der Waals surface area contributed by atoms with Gasteiger partial charge in [-0.1, -0.05) is 0 Å². The summed E-state index contributed by atoms with van der Waals surface area (Å²) in [5.74, 6) is 1.48. The molecule has 1 heterocycles. The average molecular weight is 141 g/mol. The van der Waals surface area contributed by atoms with Crippen LogP contribution in [0, 0.1) is 11.8 Å². The molecule has 2 aliphatic rings. The van der Waals surface area contributed by atoms with Gasteiger partial charge in [-0.05, 0) is 31.7 Å². The Morgan fingerprint density at radius 1 is 1.50 bits per heavy atom. The zero-order valence-electron chi connectivity index (χ0n) is 6.45. The lowest BCUT2D eigenvalue weighted by atomic mass is 10.1. The van der Waals surface area contributed by atoms with Crippen molar-refractivity contribution < 1.29 is 5.11 Å². The molecule has 0 spiro atoms. The normalized spacial score (nSPS) is 48.0. The number of aliphatic hydroxyl groups is 1. The largest absolute Gasteiger partial charge is 0.393 e. The summed E-state index contributed by atoms with van der Waals surface area (Å²) in [6, 6.07) is 0. The number of aliphatic hydroxyl groups excluding tert-OH is 1. The molecule has 0 amide bonds. The molecule has 2 nitrogen and oxygen atoms in total. The summed E-state index contributed by atoms with van der Waals surface area (Å²) in [6.07, 6.45) is 2.26. The van der Waals surface area contributed by atoms with E-state index in [4.69, 9.17) is 0 Å². The van der Waals surface area contributed by atoms with E-state index in [2.05, 4.69) is 11.9 Å². The van der Waals surface area contributed by atoms with Crippen molar-refractivity contribution in [3.8, 4) is 0 Å². The number of fused-ring (bicyclic) bond motifs is 1. The van der Waals surface area contributed by atoms with E-state index in [1.165, 1.54) is 13.0 Å². The fourth-order valence-corrected chi connectivity index (χ4v) is 2.01. The standard InChI is InChI=1S/C8H15NO/c1-9-3-2-8(10)7-4-6(7)5-9/h6-8,10H,2-5H2,1H3/t6?,7-,8?/m1/s1. The van der Waals surface area contributed by atoms with Crippen molar-refractivity contribution in [3.63, 3.8) is 0 Å². The Morgan fingerprint density at radius 2 is 2.30 bits per heavy atom. The molecule has 1 N–H and O–H groups in total. The first-order valence-electron chi connectivity index (χ1n) is 4.14. The van der Waals surface area contributed by atoms with Crippen molar-refractivity contribution >= 4 is 0 Å². The number of hydrogen-bond acceptors (Lipinski definition) is 2. The molecule has 0 radical (unpaired) electrons. The van der Waals surface area contributed by atoms with E-state index >= 15 is 0 Å². The van der Waals surface area contributed by atoms with Crippen molar-refractivity contribution in [3.05, 3.63) is 0 Å². The van der Waals surface area contributed by atoms with Crippen LogP contribution in [0.15, 0.2) is 0 Å². The molecule has 1 aliphatic carbocycles. The zero-order valence-corrected chi connectivity index (χ0v) is 6.45. The lowest BCUT2D eigenvalue weighted by Gasteiger charge is -2.13. The van der Waals surface area contributed by atoms with Crippen LogP contribution in [0.5, 0.6) is 0 Å². The fourth-order valence-electron chi connectivity index (χ4n) is 2.01. The molecule has 3 atom stereocenters. The highest BCUT2D eigenvalue weighted by molar-refractivity contribution is 4.95. The molecular formula is C8H15NO. The van der Waals surface area contributed by atoms with E-state index in [1.807, 2.05) is 0 Å². The first kappa shape index (κ1) is 6.62. The second-order valence-electron chi connectivity index (χ2n) is 3.78. The molecule has 0 aromatic carbocycles. The summed E-state index contributed by atoms with van der Waals surface area (Å²) in [5, 5.41) is 9.49. The van der Waals surface area contributed by atoms with Gasteiger partial charge in [0.1, 0.15) is 0 Å². The maximum absolute atomic E-state index is 9.49. The van der Waals surface area contributed by atoms with Gasteiger partial charge in [-0.15, -0.1) is 0 Å². The van der Waals surface area contributed by atoms with Crippen molar-refractivity contribution in [2.24, 2.45) is 11.8 Å². The first-order chi connectivity index (χ1) is 4.77. The van der Waals surface area contributed by atoms with Crippen LogP contribution in [-0.2, 0) is 0 Å². The predicted octanol–water partition coefficient (Wildman–Crippen LogP) is 0.319. The van der Waals surface area contributed by atoms with Gasteiger partial charge in [0.05, 0.1) is 6.10 Å². The third kappa shape index (κ3) is 1.06. The first-order valence-corrected chi connectivity index (χ1v) is 4.14. The lowest BCUT2D eigenvalue weighted by molar-refractivity contribution is 0.138. The summed E-state index contributed by atoms with van der Waals surface area (Å²) in [5.41, 5.74) is 0. The van der Waals surface area contributed by atoms with Crippen LogP contribution in [-0.4, -0.2) is 36.2 Å². The van der Waals surface area contributed by atoms with Crippen LogP contribution in [0.25, 0.3) is 0 Å². The Balaban J connectivity index is 1.97. The van der Waals surface area contributed by atoms with Crippen LogP contribution in [0.3, 0.4) is 0 Å². The number of likely N-dealkylation sites (tertiary alicyclic amines) is 1. The maximum Gasteiger partial charge on any atom is 0.0583 e. The molecule has 2 heteroatoms. The van der Waals surface area contributed by atoms with Gasteiger partial charge in [0.25, 0.3) is 0 Å². The third-order valence-corrected chi connectivity index (χ3v) is 2.82. The van der Waals surface area contributed by atoms with Gasteiger partial charge in [0.2, 0.25) is 0 Å². The lowest BCUT2D eigenvalue weighted by Crippen LogP contribution is -2.21. The highest BCUT2D eigenvalue weighted by Gasteiger charge is 2.44. The monoisotopic (exact) mass is 141 g/mol. The van der Waals surface area contributed by atoms with E-state index in [0.717, 1.165) is 18.9 Å². The highest BCUT2D eigenvalue weighted by Crippen LogP contribution is 2.44. The van der Waals surface area contributed by atoms with Gasteiger partial charge in [-0.25, -0.2) is 0 Å². The van der Waals surface area contributed by atoms with E-state index in [1.54, 1.807) is 0 Å². The summed E-state index contributed by atoms with van der Waals surface area (Å²) < 4.78 is 0. The van der Waals surface area contributed by atoms with Gasteiger partial charge in [0.15, 0.2) is 0 Å². The molecule has 1 aliphatic heterocycles. The zero-order chi connectivity index (χ0) is 7.14. The molecule has 2 fully saturated rings. The fraction of sp³-hybridized carbons (Fsp3) is 1.00. The van der Waals surface area contributed by atoms with Gasteiger partial charge in [-0.2, -0.15) is 0 Å². The Morgan fingerprint density at radius 3 is 3.10 bits per heavy atom. The van der Waals surface area contributed by atoms with Gasteiger partial charge < -0.3 is 10.0 Å². The quantitative estimate of drug-likeness (QED) is 0.525. The van der Waals surface area contributed by atoms with E-state index in [-0.39, 0.29) is 6.10 Å². The van der Waals surface area contributed by atoms with E-state index in [0.29, 0.717) is 5.92 Å². The molecule has 2 rings (SSSR count). The molecule has 2 unspecified atom stereocenters. The summed E-state index contributed by atoms with van der Waals surface area (Å²) in [6.45, 7) is 2.29. The molecule has 1 saturated heterocycles. The SMILES string of the molecule is CN1CCC(O)[C@@H]2CC2C1. The van der Waals surface area contributed by atoms with Crippen LogP contribution >= 0.6 is 0 Å². The number of hydrogen-bond donors (Lipinski definition) is 1. The highest BCUT2D eigenvalue weighted by atomic mass is 16.3. The minimum absolute atomic E-state index is 0.00921. The second kappa shape index (κ2) is 2.21. The summed E-state index contributed by atoms with van der Waals surface area (Å²) >= 11 is 0. The van der Waals surface area contributed by atoms with Crippen molar-refractivity contribution in [2.45, 2.75) is 18.9 Å². The summed E-state index contributed by atoms with van der Waals surface area (Å²) in [4.78, 5) is 2.33. The molecule has 0 bridgehead atoms. The third-order valence-electron chi connectivity index (χ3n) is 2.82. The van der Waals surface area contributed by atoms with Gasteiger partial charge >= 0.3 is 0 Å². The van der Waals surface area contributed by atoms with Gasteiger partial charge in [-0.3, -0.25) is 0 Å². The molecule has 0 aromatic heterocycles. The molecular weight excluding hydrogens is 126 g/mol. The minimum atomic E-state index is 0.00921. The topological polar surface area (TPSA) is 23.5 Å². The minimum Gasteiger partial charge on any atom is -0.393 e. The van der Waals surface area contributed by atoms with Crippen molar-refractivity contribution in [1.82, 2.24) is 4.90 Å². The Kier molecular flexibility index (Phi) is 1.46. The maximum atomic E-state index is 9.49. The Labute approximate surface area is 61.8 Å². The molecule has 58 valence electrons. The Bertz CT molecular complexity index is 137. The van der Waals surface area contributed by atoms with Crippen LogP contribution in [0.4, 0.5) is 0 Å². The van der Waals surface area contributed by atoms with E-state index < -0.39 is 0 Å². The Hall–Kier alpha value is -0.0800. The summed E-state index contributed by atoms with van der Waals surface area (Å²) in [7, 11) is 2.15. The predicted molar refractivity (Wildman–Crippen MR) is 39.7 cm³/mol. The van der Waals surface area contributed by atoms with Gasteiger partial charge in [0, 0.05) is 13.1 Å². The number of nitrogens with zero attached hydrogens (tertiary/aromatic N) is 1. The molecule has 0 aromatic rings. The van der Waals surface area contributed by atoms with Crippen molar-refractivity contribution in [2.75, 3.05) is 20.1 Å². The molecule has 1 saturated carbocycles. The van der Waals surface area contributed by atoms with Crippen LogP contribution in [0.1, 0.15) is 12.8 Å². The molecule has 10 heavy (non-hydrogen) atoms. The number of rotatable bonds is 0.